The van der Waals surface area contributed by atoms with Crippen molar-refractivity contribution in [2.45, 2.75) is 0 Å². The van der Waals surface area contributed by atoms with Crippen molar-refractivity contribution in [2.24, 2.45) is 9.98 Å². The number of aromatic hydroxyl groups is 2. The first kappa shape index (κ1) is 27.5. The number of aliphatic imine (C=N–C) groups is 2. The van der Waals surface area contributed by atoms with Crippen LogP contribution >= 0.6 is 0 Å². The van der Waals surface area contributed by atoms with Crippen LogP contribution in [0.3, 0.4) is 0 Å². The van der Waals surface area contributed by atoms with Gasteiger partial charge in [-0.3, -0.25) is 19.6 Å². The van der Waals surface area contributed by atoms with E-state index < -0.39 is 11.8 Å². The molecule has 0 unspecified atom stereocenters. The van der Waals surface area contributed by atoms with Crippen LogP contribution in [0.2, 0.25) is 0 Å². The molecule has 0 atom stereocenters. The van der Waals surface area contributed by atoms with Crippen LogP contribution in [-0.4, -0.2) is 34.5 Å². The first-order valence-electron chi connectivity index (χ1n) is 13.0. The number of carbonyl (C=O) groups is 2. The van der Waals surface area contributed by atoms with Gasteiger partial charge in [-0.2, -0.15) is 0 Å². The van der Waals surface area contributed by atoms with Crippen molar-refractivity contribution in [2.75, 3.05) is 10.6 Å². The van der Waals surface area contributed by atoms with Crippen molar-refractivity contribution >= 4 is 47.0 Å². The third kappa shape index (κ3) is 6.75. The number of hydrogen-bond acceptors (Lipinski definition) is 6. The number of nitrogens with one attached hydrogen (secondary N) is 2. The van der Waals surface area contributed by atoms with E-state index in [9.17, 15) is 19.8 Å². The average molecular weight is 555 g/mol. The second-order valence-corrected chi connectivity index (χ2v) is 9.16. The molecule has 5 aromatic carbocycles. The van der Waals surface area contributed by atoms with E-state index in [1.54, 1.807) is 115 Å². The normalized spacial score (nSPS) is 11.0. The maximum Gasteiger partial charge on any atom is 0.255 e. The summed E-state index contributed by atoms with van der Waals surface area (Å²) in [6.45, 7) is 0. The highest BCUT2D eigenvalue weighted by Gasteiger charge is 2.14. The summed E-state index contributed by atoms with van der Waals surface area (Å²) in [5.41, 5.74) is 3.61. The van der Waals surface area contributed by atoms with Crippen molar-refractivity contribution in [3.8, 4) is 11.5 Å². The van der Waals surface area contributed by atoms with E-state index in [0.717, 1.165) is 0 Å². The lowest BCUT2D eigenvalue weighted by molar-refractivity contribution is 0.102. The number of anilines is 2. The first-order chi connectivity index (χ1) is 20.5. The summed E-state index contributed by atoms with van der Waals surface area (Å²) in [4.78, 5) is 35.2. The van der Waals surface area contributed by atoms with Crippen molar-refractivity contribution in [1.82, 2.24) is 0 Å². The lowest BCUT2D eigenvalue weighted by Crippen LogP contribution is -2.15. The Morgan fingerprint density at radius 2 is 0.929 bits per heavy atom. The molecule has 4 N–H and O–H groups in total. The van der Waals surface area contributed by atoms with E-state index in [4.69, 9.17) is 0 Å². The molecule has 0 aromatic heterocycles. The van der Waals surface area contributed by atoms with Gasteiger partial charge in [0.2, 0.25) is 0 Å². The van der Waals surface area contributed by atoms with Crippen LogP contribution in [0.5, 0.6) is 11.5 Å². The molecule has 0 heterocycles. The predicted molar refractivity (Wildman–Crippen MR) is 166 cm³/mol. The minimum Gasteiger partial charge on any atom is -0.507 e. The third-order valence-electron chi connectivity index (χ3n) is 6.25. The van der Waals surface area contributed by atoms with E-state index in [1.165, 1.54) is 18.5 Å². The highest BCUT2D eigenvalue weighted by molar-refractivity contribution is 6.10. The number of carbonyl (C=O) groups excluding carboxylic acids is 2. The molecule has 0 radical (unpaired) electrons. The Hall–Kier alpha value is -6.02. The van der Waals surface area contributed by atoms with Crippen LogP contribution in [0.4, 0.5) is 22.7 Å². The fourth-order valence-corrected chi connectivity index (χ4v) is 4.05. The number of rotatable bonds is 8. The van der Waals surface area contributed by atoms with Crippen molar-refractivity contribution in [1.29, 1.82) is 0 Å². The molecule has 0 aliphatic rings. The first-order valence-corrected chi connectivity index (χ1v) is 13.0. The van der Waals surface area contributed by atoms with E-state index in [2.05, 4.69) is 20.6 Å². The number of para-hydroxylation sites is 6. The Bertz CT molecular complexity index is 1690. The Morgan fingerprint density at radius 3 is 1.38 bits per heavy atom. The second-order valence-electron chi connectivity index (χ2n) is 9.16. The Kier molecular flexibility index (Phi) is 8.45. The number of nitrogens with zero attached hydrogens (tertiary/aromatic N) is 2. The minimum absolute atomic E-state index is 0.0998. The summed E-state index contributed by atoms with van der Waals surface area (Å²) < 4.78 is 0. The van der Waals surface area contributed by atoms with Crippen LogP contribution in [0, 0.1) is 0 Å². The number of benzene rings is 5. The maximum absolute atomic E-state index is 13.2. The van der Waals surface area contributed by atoms with Crippen molar-refractivity contribution in [3.05, 3.63) is 144 Å². The number of phenols is 2. The number of phenolic OH excluding ortho intramolecular Hbond substituents is 2. The lowest BCUT2D eigenvalue weighted by Gasteiger charge is -2.11. The standard InChI is InChI=1S/C34H26N4O4/c39-31-18-7-1-10-25(31)21-35-27-14-3-5-16-29(27)37-33(41)23-12-9-13-24(20-23)34(42)38-30-17-6-4-15-28(30)36-22-26-11-2-8-19-32(26)40/h1-22,39-40H,(H,37,41)(H,38,42). The summed E-state index contributed by atoms with van der Waals surface area (Å²) in [6, 6.07) is 34.1. The summed E-state index contributed by atoms with van der Waals surface area (Å²) >= 11 is 0. The van der Waals surface area contributed by atoms with Crippen LogP contribution in [0.1, 0.15) is 31.8 Å². The molecule has 0 fully saturated rings. The molecule has 0 saturated heterocycles. The van der Waals surface area contributed by atoms with Gasteiger partial charge in [-0.25, -0.2) is 0 Å². The van der Waals surface area contributed by atoms with Gasteiger partial charge in [0, 0.05) is 34.7 Å². The van der Waals surface area contributed by atoms with Crippen LogP contribution in [0.25, 0.3) is 0 Å². The molecule has 206 valence electrons. The molecule has 0 aliphatic heterocycles. The summed E-state index contributed by atoms with van der Waals surface area (Å²) in [7, 11) is 0. The fraction of sp³-hybridized carbons (Fsp3) is 0. The Morgan fingerprint density at radius 1 is 0.524 bits per heavy atom. The highest BCUT2D eigenvalue weighted by atomic mass is 16.3. The zero-order valence-electron chi connectivity index (χ0n) is 22.3. The third-order valence-corrected chi connectivity index (χ3v) is 6.25. The predicted octanol–water partition coefficient (Wildman–Crippen LogP) is 7.10. The van der Waals surface area contributed by atoms with Gasteiger partial charge in [0.1, 0.15) is 11.5 Å². The molecule has 42 heavy (non-hydrogen) atoms. The zero-order chi connectivity index (χ0) is 29.3. The molecule has 0 saturated carbocycles. The Balaban J connectivity index is 1.31. The molecular formula is C34H26N4O4. The van der Waals surface area contributed by atoms with Gasteiger partial charge in [0.25, 0.3) is 11.8 Å². The van der Waals surface area contributed by atoms with Crippen LogP contribution in [0.15, 0.2) is 131 Å². The van der Waals surface area contributed by atoms with Gasteiger partial charge < -0.3 is 20.8 Å². The largest absolute Gasteiger partial charge is 0.507 e. The minimum atomic E-state index is -0.414. The Labute approximate surface area is 242 Å². The average Bonchev–Trinajstić information content (AvgIpc) is 3.01. The smallest absolute Gasteiger partial charge is 0.255 e. The van der Waals surface area contributed by atoms with Gasteiger partial charge in [-0.1, -0.05) is 54.6 Å². The molecule has 0 bridgehead atoms. The molecular weight excluding hydrogens is 528 g/mol. The molecule has 5 aromatic rings. The molecule has 0 aliphatic carbocycles. The van der Waals surface area contributed by atoms with Gasteiger partial charge in [-0.15, -0.1) is 0 Å². The van der Waals surface area contributed by atoms with Gasteiger partial charge in [0.15, 0.2) is 0 Å². The molecule has 8 nitrogen and oxygen atoms in total. The summed E-state index contributed by atoms with van der Waals surface area (Å²) in [5.74, 6) is -0.629. The molecule has 8 heteroatoms. The fourth-order valence-electron chi connectivity index (χ4n) is 4.05. The molecule has 0 spiro atoms. The quantitative estimate of drug-likeness (QED) is 0.153. The van der Waals surface area contributed by atoms with Crippen molar-refractivity contribution in [3.63, 3.8) is 0 Å². The van der Waals surface area contributed by atoms with E-state index in [1.807, 2.05) is 0 Å². The van der Waals surface area contributed by atoms with E-state index >= 15 is 0 Å². The monoisotopic (exact) mass is 554 g/mol. The van der Waals surface area contributed by atoms with Crippen LogP contribution < -0.4 is 10.6 Å². The maximum atomic E-state index is 13.2. The van der Waals surface area contributed by atoms with Gasteiger partial charge in [-0.05, 0) is 66.7 Å². The van der Waals surface area contributed by atoms with Gasteiger partial charge in [0.05, 0.1) is 22.7 Å². The number of hydrogen-bond donors (Lipinski definition) is 4. The van der Waals surface area contributed by atoms with E-state index in [-0.39, 0.29) is 22.6 Å². The highest BCUT2D eigenvalue weighted by Crippen LogP contribution is 2.27. The van der Waals surface area contributed by atoms with Crippen molar-refractivity contribution < 1.29 is 19.8 Å². The lowest BCUT2D eigenvalue weighted by atomic mass is 10.1. The van der Waals surface area contributed by atoms with E-state index in [0.29, 0.717) is 33.9 Å². The van der Waals surface area contributed by atoms with Gasteiger partial charge >= 0.3 is 0 Å². The molecule has 5 rings (SSSR count). The number of amides is 2. The molecule has 2 amide bonds. The SMILES string of the molecule is O=C(Nc1ccccc1N=Cc1ccccc1O)c1cccc(C(=O)Nc2ccccc2N=Cc2ccccc2O)c1. The van der Waals surface area contributed by atoms with Crippen LogP contribution in [-0.2, 0) is 0 Å². The summed E-state index contributed by atoms with van der Waals surface area (Å²) in [6.07, 6.45) is 3.05. The zero-order valence-corrected chi connectivity index (χ0v) is 22.3. The topological polar surface area (TPSA) is 123 Å². The second kappa shape index (κ2) is 12.9. The summed E-state index contributed by atoms with van der Waals surface area (Å²) in [5, 5.41) is 25.7.